The van der Waals surface area contributed by atoms with Gasteiger partial charge in [0, 0.05) is 48.8 Å². The fraction of sp³-hybridized carbons (Fsp3) is 0.235. The van der Waals surface area contributed by atoms with Crippen LogP contribution in [0.5, 0.6) is 0 Å². The fourth-order valence-electron chi connectivity index (χ4n) is 2.73. The molecule has 1 fully saturated rings. The Balaban J connectivity index is 1.58. The van der Waals surface area contributed by atoms with E-state index in [-0.39, 0.29) is 5.91 Å². The van der Waals surface area contributed by atoms with Crippen molar-refractivity contribution in [3.63, 3.8) is 0 Å². The molecule has 1 N–H and O–H groups in total. The number of hydrogen-bond donors (Lipinski definition) is 1. The van der Waals surface area contributed by atoms with Crippen molar-refractivity contribution in [2.45, 2.75) is 0 Å². The van der Waals surface area contributed by atoms with Crippen LogP contribution in [0, 0.1) is 0 Å². The molecule has 116 valence electrons. The number of benzene rings is 1. The van der Waals surface area contributed by atoms with Gasteiger partial charge >= 0.3 is 0 Å². The Morgan fingerprint density at radius 3 is 2.70 bits per heavy atom. The first-order valence-corrected chi connectivity index (χ1v) is 8.49. The van der Waals surface area contributed by atoms with Crippen LogP contribution in [0.2, 0.25) is 0 Å². The zero-order valence-electron chi connectivity index (χ0n) is 12.5. The summed E-state index contributed by atoms with van der Waals surface area (Å²) < 4.78 is 1.21. The molecule has 1 aliphatic heterocycles. The van der Waals surface area contributed by atoms with Crippen molar-refractivity contribution < 1.29 is 4.79 Å². The summed E-state index contributed by atoms with van der Waals surface area (Å²) in [4.78, 5) is 23.0. The van der Waals surface area contributed by atoms with Crippen LogP contribution >= 0.6 is 11.3 Å². The number of hydrogen-bond acceptors (Lipinski definition) is 5. The second kappa shape index (κ2) is 6.06. The summed E-state index contributed by atoms with van der Waals surface area (Å²) in [6.07, 6.45) is 3.26. The minimum Gasteiger partial charge on any atom is -0.336 e. The third-order valence-electron chi connectivity index (χ3n) is 4.02. The lowest BCUT2D eigenvalue weighted by Crippen LogP contribution is -2.46. The van der Waals surface area contributed by atoms with Gasteiger partial charge < -0.3 is 10.2 Å². The van der Waals surface area contributed by atoms with E-state index in [9.17, 15) is 4.79 Å². The van der Waals surface area contributed by atoms with Gasteiger partial charge in [-0.15, -0.1) is 11.3 Å². The maximum atomic E-state index is 12.4. The summed E-state index contributed by atoms with van der Waals surface area (Å²) in [5, 5.41) is 6.54. The highest BCUT2D eigenvalue weighted by molar-refractivity contribution is 7.17. The van der Waals surface area contributed by atoms with E-state index in [1.807, 2.05) is 11.0 Å². The summed E-state index contributed by atoms with van der Waals surface area (Å²) in [5.74, 6) is 0.656. The van der Waals surface area contributed by atoms with Gasteiger partial charge in [-0.25, -0.2) is 9.97 Å². The highest BCUT2D eigenvalue weighted by Crippen LogP contribution is 2.25. The highest BCUT2D eigenvalue weighted by Gasteiger charge is 2.18. The Morgan fingerprint density at radius 2 is 1.91 bits per heavy atom. The second-order valence-electron chi connectivity index (χ2n) is 5.51. The minimum atomic E-state index is 0.00626. The maximum absolute atomic E-state index is 12.4. The molecule has 5 nitrogen and oxygen atoms in total. The van der Waals surface area contributed by atoms with Crippen molar-refractivity contribution >= 4 is 27.3 Å². The molecular formula is C17H16N4OS. The van der Waals surface area contributed by atoms with Crippen molar-refractivity contribution in [2.24, 2.45) is 0 Å². The monoisotopic (exact) mass is 324 g/mol. The molecular weight excluding hydrogens is 308 g/mol. The molecule has 0 radical (unpaired) electrons. The van der Waals surface area contributed by atoms with Crippen LogP contribution in [-0.2, 0) is 0 Å². The summed E-state index contributed by atoms with van der Waals surface area (Å²) in [5.41, 5.74) is 1.52. The highest BCUT2D eigenvalue weighted by atomic mass is 32.1. The molecule has 1 saturated heterocycles. The van der Waals surface area contributed by atoms with Crippen molar-refractivity contribution in [1.82, 2.24) is 20.2 Å². The van der Waals surface area contributed by atoms with E-state index >= 15 is 0 Å². The van der Waals surface area contributed by atoms with Crippen molar-refractivity contribution in [1.29, 1.82) is 0 Å². The van der Waals surface area contributed by atoms with Gasteiger partial charge in [-0.1, -0.05) is 12.1 Å². The van der Waals surface area contributed by atoms with Crippen LogP contribution in [0.3, 0.4) is 0 Å². The molecule has 0 spiro atoms. The van der Waals surface area contributed by atoms with E-state index < -0.39 is 0 Å². The van der Waals surface area contributed by atoms with Gasteiger partial charge in [0.2, 0.25) is 0 Å². The SMILES string of the molecule is O=C(c1cnc(-c2ccc3ccsc3c2)nc1)N1CCNCC1. The maximum Gasteiger partial charge on any atom is 0.257 e. The molecule has 4 rings (SSSR count). The van der Waals surface area contributed by atoms with E-state index in [0.717, 1.165) is 31.7 Å². The molecule has 23 heavy (non-hydrogen) atoms. The zero-order valence-corrected chi connectivity index (χ0v) is 13.3. The Labute approximate surface area is 138 Å². The van der Waals surface area contributed by atoms with E-state index in [0.29, 0.717) is 11.4 Å². The third kappa shape index (κ3) is 2.83. The van der Waals surface area contributed by atoms with E-state index in [4.69, 9.17) is 0 Å². The summed E-state index contributed by atoms with van der Waals surface area (Å²) in [6, 6.07) is 8.28. The fourth-order valence-corrected chi connectivity index (χ4v) is 3.56. The van der Waals surface area contributed by atoms with Crippen molar-refractivity contribution in [3.8, 4) is 11.4 Å². The molecule has 1 aromatic carbocycles. The van der Waals surface area contributed by atoms with Crippen LogP contribution in [-0.4, -0.2) is 47.0 Å². The first kappa shape index (κ1) is 14.3. The van der Waals surface area contributed by atoms with Gasteiger partial charge in [0.25, 0.3) is 5.91 Å². The number of carbonyl (C=O) groups excluding carboxylic acids is 1. The Hall–Kier alpha value is -2.31. The van der Waals surface area contributed by atoms with Gasteiger partial charge in [0.05, 0.1) is 5.56 Å². The van der Waals surface area contributed by atoms with Crippen molar-refractivity contribution in [2.75, 3.05) is 26.2 Å². The number of nitrogens with one attached hydrogen (secondary N) is 1. The Kier molecular flexibility index (Phi) is 3.77. The number of fused-ring (bicyclic) bond motifs is 1. The van der Waals surface area contributed by atoms with Crippen LogP contribution in [0.4, 0.5) is 0 Å². The van der Waals surface area contributed by atoms with Crippen LogP contribution in [0.15, 0.2) is 42.0 Å². The van der Waals surface area contributed by atoms with Crippen LogP contribution in [0.25, 0.3) is 21.5 Å². The molecule has 1 amide bonds. The lowest BCUT2D eigenvalue weighted by Gasteiger charge is -2.27. The minimum absolute atomic E-state index is 0.00626. The van der Waals surface area contributed by atoms with E-state index in [1.54, 1.807) is 23.7 Å². The van der Waals surface area contributed by atoms with Gasteiger partial charge in [-0.05, 0) is 22.9 Å². The average molecular weight is 324 g/mol. The Bertz CT molecular complexity index is 837. The van der Waals surface area contributed by atoms with Gasteiger partial charge in [0.1, 0.15) is 0 Å². The number of carbonyl (C=O) groups is 1. The predicted molar refractivity (Wildman–Crippen MR) is 91.6 cm³/mol. The van der Waals surface area contributed by atoms with E-state index in [2.05, 4.69) is 38.9 Å². The predicted octanol–water partition coefficient (Wildman–Crippen LogP) is 2.40. The molecule has 0 unspecified atom stereocenters. The molecule has 1 aliphatic rings. The lowest BCUT2D eigenvalue weighted by molar-refractivity contribution is 0.0735. The first-order valence-electron chi connectivity index (χ1n) is 7.61. The number of rotatable bonds is 2. The average Bonchev–Trinajstić information content (AvgIpc) is 3.10. The molecule has 6 heteroatoms. The molecule has 3 aromatic rings. The summed E-state index contributed by atoms with van der Waals surface area (Å²) in [7, 11) is 0. The van der Waals surface area contributed by atoms with Crippen molar-refractivity contribution in [3.05, 3.63) is 47.6 Å². The first-order chi connectivity index (χ1) is 11.3. The summed E-state index contributed by atoms with van der Waals surface area (Å²) >= 11 is 1.70. The smallest absolute Gasteiger partial charge is 0.257 e. The molecule has 2 aromatic heterocycles. The van der Waals surface area contributed by atoms with Crippen LogP contribution in [0.1, 0.15) is 10.4 Å². The zero-order chi connectivity index (χ0) is 15.6. The standard InChI is InChI=1S/C17H16N4OS/c22-17(21-6-4-18-5-7-21)14-10-19-16(20-11-14)13-2-1-12-3-8-23-15(12)9-13/h1-3,8-11,18H,4-7H2. The van der Waals surface area contributed by atoms with Gasteiger partial charge in [0.15, 0.2) is 5.82 Å². The van der Waals surface area contributed by atoms with E-state index in [1.165, 1.54) is 10.1 Å². The molecule has 0 aliphatic carbocycles. The molecule has 0 atom stereocenters. The number of nitrogens with zero attached hydrogens (tertiary/aromatic N) is 3. The number of thiophene rings is 1. The topological polar surface area (TPSA) is 58.1 Å². The second-order valence-corrected chi connectivity index (χ2v) is 6.46. The number of aromatic nitrogens is 2. The van der Waals surface area contributed by atoms with Gasteiger partial charge in [-0.3, -0.25) is 4.79 Å². The number of amides is 1. The third-order valence-corrected chi connectivity index (χ3v) is 4.90. The quantitative estimate of drug-likeness (QED) is 0.786. The lowest BCUT2D eigenvalue weighted by atomic mass is 10.1. The largest absolute Gasteiger partial charge is 0.336 e. The summed E-state index contributed by atoms with van der Waals surface area (Å²) in [6.45, 7) is 3.14. The normalized spacial score (nSPS) is 15.0. The number of piperazine rings is 1. The van der Waals surface area contributed by atoms with Crippen LogP contribution < -0.4 is 5.32 Å². The molecule has 3 heterocycles. The molecule has 0 bridgehead atoms. The Morgan fingerprint density at radius 1 is 1.13 bits per heavy atom. The van der Waals surface area contributed by atoms with Gasteiger partial charge in [-0.2, -0.15) is 0 Å². The molecule has 0 saturated carbocycles.